The lowest BCUT2D eigenvalue weighted by Crippen LogP contribution is -1.97. The topological polar surface area (TPSA) is 72.0 Å². The van der Waals surface area contributed by atoms with Crippen LogP contribution < -0.4 is 5.73 Å². The van der Waals surface area contributed by atoms with Gasteiger partial charge in [0.2, 0.25) is 0 Å². The minimum atomic E-state index is 0.469. The molecule has 0 aliphatic carbocycles. The molecule has 0 aliphatic rings. The van der Waals surface area contributed by atoms with E-state index < -0.39 is 0 Å². The predicted octanol–water partition coefficient (Wildman–Crippen LogP) is 1.35. The molecule has 2 rings (SSSR count). The number of pyridine rings is 2. The van der Waals surface area contributed by atoms with E-state index in [9.17, 15) is 0 Å². The summed E-state index contributed by atoms with van der Waals surface area (Å²) < 4.78 is 0. The van der Waals surface area contributed by atoms with Gasteiger partial charge in [0, 0.05) is 19.9 Å². The Balaban J connectivity index is 0.000000531. The minimum absolute atomic E-state index is 0.469. The molecule has 2 heterocycles. The number of halogens is 1. The zero-order valence-electron chi connectivity index (χ0n) is 8.31. The Kier molecular flexibility index (Phi) is 4.42. The van der Waals surface area contributed by atoms with E-state index >= 15 is 0 Å². The number of aliphatic hydroxyl groups is 1. The summed E-state index contributed by atoms with van der Waals surface area (Å²) in [6.07, 6.45) is 1.75. The molecule has 0 bridgehead atoms. The van der Waals surface area contributed by atoms with Crippen LogP contribution in [-0.2, 0) is 6.54 Å². The Labute approximate surface area is 92.7 Å². The molecule has 0 amide bonds. The second-order valence-electron chi connectivity index (χ2n) is 2.72. The second kappa shape index (κ2) is 5.60. The lowest BCUT2D eigenvalue weighted by Gasteiger charge is -1.99. The largest absolute Gasteiger partial charge is 0.400 e. The number of nitrogens with two attached hydrogens (primary N) is 1. The lowest BCUT2D eigenvalue weighted by atomic mass is 10.2. The maximum Gasteiger partial charge on any atom is 0.129 e. The molecule has 2 aromatic rings. The highest BCUT2D eigenvalue weighted by molar-refractivity contribution is 6.29. The van der Waals surface area contributed by atoms with Crippen LogP contribution in [0.1, 0.15) is 5.56 Å². The molecular formula is C10H12ClN3O. The fourth-order valence-electron chi connectivity index (χ4n) is 1.14. The first-order chi connectivity index (χ1) is 7.29. The molecule has 4 nitrogen and oxygen atoms in total. The standard InChI is InChI=1S/C9H8ClN3.CH4O/c10-9-2-1-7-8(13-9)3-6(4-11)5-12-7;1-2/h1-3,5H,4,11H2;2H,1H3. The molecule has 0 saturated heterocycles. The van der Waals surface area contributed by atoms with Crippen molar-refractivity contribution in [3.8, 4) is 0 Å². The van der Waals surface area contributed by atoms with Crippen molar-refractivity contribution >= 4 is 22.6 Å². The molecule has 0 saturated carbocycles. The molecule has 0 aliphatic heterocycles. The number of nitrogens with zero attached hydrogens (tertiary/aromatic N) is 2. The molecule has 0 spiro atoms. The summed E-state index contributed by atoms with van der Waals surface area (Å²) in [5.41, 5.74) is 8.06. The minimum Gasteiger partial charge on any atom is -0.400 e. The molecule has 0 fully saturated rings. The number of aromatic nitrogens is 2. The molecule has 0 radical (unpaired) electrons. The summed E-state index contributed by atoms with van der Waals surface area (Å²) in [4.78, 5) is 8.32. The van der Waals surface area contributed by atoms with Crippen LogP contribution >= 0.6 is 11.6 Å². The number of fused-ring (bicyclic) bond motifs is 1. The van der Waals surface area contributed by atoms with Crippen molar-refractivity contribution in [2.24, 2.45) is 5.73 Å². The normalized spacial score (nSPS) is 9.60. The second-order valence-corrected chi connectivity index (χ2v) is 3.11. The summed E-state index contributed by atoms with van der Waals surface area (Å²) in [6.45, 7) is 0.469. The third-order valence-electron chi connectivity index (χ3n) is 1.80. The van der Waals surface area contributed by atoms with E-state index in [-0.39, 0.29) is 0 Å². The maximum absolute atomic E-state index is 7.00. The fourth-order valence-corrected chi connectivity index (χ4v) is 1.29. The molecule has 0 unspecified atom stereocenters. The van der Waals surface area contributed by atoms with Gasteiger partial charge < -0.3 is 10.8 Å². The van der Waals surface area contributed by atoms with Gasteiger partial charge in [0.15, 0.2) is 0 Å². The average molecular weight is 226 g/mol. The molecule has 0 atom stereocenters. The maximum atomic E-state index is 7.00. The van der Waals surface area contributed by atoms with E-state index in [1.54, 1.807) is 12.3 Å². The van der Waals surface area contributed by atoms with E-state index in [2.05, 4.69) is 9.97 Å². The van der Waals surface area contributed by atoms with Crippen LogP contribution in [0.15, 0.2) is 24.4 Å². The first-order valence-corrected chi connectivity index (χ1v) is 4.73. The Hall–Kier alpha value is -1.23. The highest BCUT2D eigenvalue weighted by Gasteiger charge is 1.98. The molecule has 15 heavy (non-hydrogen) atoms. The van der Waals surface area contributed by atoms with Crippen molar-refractivity contribution in [3.05, 3.63) is 35.1 Å². The van der Waals surface area contributed by atoms with Crippen molar-refractivity contribution in [2.45, 2.75) is 6.54 Å². The summed E-state index contributed by atoms with van der Waals surface area (Å²) in [6, 6.07) is 5.46. The van der Waals surface area contributed by atoms with Crippen molar-refractivity contribution < 1.29 is 5.11 Å². The molecule has 3 N–H and O–H groups in total. The van der Waals surface area contributed by atoms with Gasteiger partial charge >= 0.3 is 0 Å². The summed E-state index contributed by atoms with van der Waals surface area (Å²) in [5, 5.41) is 7.48. The van der Waals surface area contributed by atoms with Gasteiger partial charge in [0.25, 0.3) is 0 Å². The van der Waals surface area contributed by atoms with Crippen LogP contribution in [0.2, 0.25) is 5.15 Å². The zero-order valence-corrected chi connectivity index (χ0v) is 9.07. The van der Waals surface area contributed by atoms with E-state index in [0.717, 1.165) is 23.7 Å². The molecule has 80 valence electrons. The first kappa shape index (κ1) is 11.8. The van der Waals surface area contributed by atoms with Gasteiger partial charge in [-0.1, -0.05) is 11.6 Å². The van der Waals surface area contributed by atoms with E-state index in [1.165, 1.54) is 0 Å². The predicted molar refractivity (Wildman–Crippen MR) is 60.6 cm³/mol. The van der Waals surface area contributed by atoms with Crippen molar-refractivity contribution in [1.82, 2.24) is 9.97 Å². The van der Waals surface area contributed by atoms with Crippen LogP contribution in [-0.4, -0.2) is 22.2 Å². The van der Waals surface area contributed by atoms with Crippen LogP contribution in [0.25, 0.3) is 11.0 Å². The highest BCUT2D eigenvalue weighted by Crippen LogP contribution is 2.13. The highest BCUT2D eigenvalue weighted by atomic mass is 35.5. The SMILES string of the molecule is CO.NCc1cnc2ccc(Cl)nc2c1. The lowest BCUT2D eigenvalue weighted by molar-refractivity contribution is 0.399. The fraction of sp³-hybridized carbons (Fsp3) is 0.200. The number of rotatable bonds is 1. The number of hydrogen-bond acceptors (Lipinski definition) is 4. The summed E-state index contributed by atoms with van der Waals surface area (Å²) in [7, 11) is 1.00. The van der Waals surface area contributed by atoms with Crippen LogP contribution in [0, 0.1) is 0 Å². The Morgan fingerprint density at radius 1 is 1.33 bits per heavy atom. The molecular weight excluding hydrogens is 214 g/mol. The van der Waals surface area contributed by atoms with E-state index in [0.29, 0.717) is 11.7 Å². The quantitative estimate of drug-likeness (QED) is 0.719. The van der Waals surface area contributed by atoms with E-state index in [4.69, 9.17) is 22.4 Å². The van der Waals surface area contributed by atoms with Gasteiger partial charge in [0.05, 0.1) is 11.0 Å². The Bertz CT molecular complexity index is 448. The van der Waals surface area contributed by atoms with Crippen LogP contribution in [0.3, 0.4) is 0 Å². The summed E-state index contributed by atoms with van der Waals surface area (Å²) >= 11 is 5.74. The van der Waals surface area contributed by atoms with Gasteiger partial charge in [-0.05, 0) is 23.8 Å². The molecule has 2 aromatic heterocycles. The van der Waals surface area contributed by atoms with Gasteiger partial charge in [0.1, 0.15) is 5.15 Å². The third-order valence-corrected chi connectivity index (χ3v) is 2.01. The third kappa shape index (κ3) is 2.86. The average Bonchev–Trinajstić information content (AvgIpc) is 2.30. The Morgan fingerprint density at radius 3 is 2.73 bits per heavy atom. The van der Waals surface area contributed by atoms with Gasteiger partial charge in [-0.15, -0.1) is 0 Å². The Morgan fingerprint density at radius 2 is 2.07 bits per heavy atom. The van der Waals surface area contributed by atoms with Crippen LogP contribution in [0.4, 0.5) is 0 Å². The smallest absolute Gasteiger partial charge is 0.129 e. The number of hydrogen-bond donors (Lipinski definition) is 2. The van der Waals surface area contributed by atoms with Crippen molar-refractivity contribution in [2.75, 3.05) is 7.11 Å². The van der Waals surface area contributed by atoms with Crippen molar-refractivity contribution in [3.63, 3.8) is 0 Å². The molecule has 0 aromatic carbocycles. The van der Waals surface area contributed by atoms with Gasteiger partial charge in [-0.25, -0.2) is 4.98 Å². The van der Waals surface area contributed by atoms with E-state index in [1.807, 2.05) is 12.1 Å². The number of aliphatic hydroxyl groups excluding tert-OH is 1. The monoisotopic (exact) mass is 225 g/mol. The molecule has 5 heteroatoms. The van der Waals surface area contributed by atoms with Crippen LogP contribution in [0.5, 0.6) is 0 Å². The van der Waals surface area contributed by atoms with Crippen molar-refractivity contribution in [1.29, 1.82) is 0 Å². The summed E-state index contributed by atoms with van der Waals surface area (Å²) in [5.74, 6) is 0. The zero-order chi connectivity index (χ0) is 11.3. The van der Waals surface area contributed by atoms with Gasteiger partial charge in [-0.3, -0.25) is 4.98 Å². The van der Waals surface area contributed by atoms with Gasteiger partial charge in [-0.2, -0.15) is 0 Å². The first-order valence-electron chi connectivity index (χ1n) is 4.35.